The van der Waals surface area contributed by atoms with Gasteiger partial charge in [0.1, 0.15) is 12.7 Å². The van der Waals surface area contributed by atoms with Crippen molar-refractivity contribution in [1.82, 2.24) is 4.31 Å². The van der Waals surface area contributed by atoms with E-state index in [2.05, 4.69) is 18.2 Å². The summed E-state index contributed by atoms with van der Waals surface area (Å²) < 4.78 is 30.4. The maximum Gasteiger partial charge on any atom is 0.303 e. The zero-order valence-electron chi connectivity index (χ0n) is 26.7. The normalized spacial score (nSPS) is 20.7. The van der Waals surface area contributed by atoms with Crippen molar-refractivity contribution in [2.75, 3.05) is 19.7 Å². The van der Waals surface area contributed by atoms with E-state index in [0.29, 0.717) is 0 Å². The summed E-state index contributed by atoms with van der Waals surface area (Å²) in [6.45, 7) is 10.8. The molecule has 1 saturated heterocycles. The molecule has 1 heterocycles. The van der Waals surface area contributed by atoms with E-state index in [1.165, 1.54) is 97.4 Å². The van der Waals surface area contributed by atoms with Crippen LogP contribution in [0.3, 0.4) is 0 Å². The SMILES string of the molecule is CCCCCCCCCN(CCCCCCCC)SC1O[C@H]([C@@H](COC(C)=O)OC(C)=O)[C@H](OC(C)=O)[C@H]1OC(C)=O. The number of ether oxygens (including phenoxy) is 5. The number of carbonyl (C=O) groups excluding carboxylic acids is 4. The molecule has 0 saturated carbocycles. The van der Waals surface area contributed by atoms with Crippen LogP contribution < -0.4 is 0 Å². The van der Waals surface area contributed by atoms with E-state index in [0.717, 1.165) is 38.8 Å². The molecule has 1 rings (SSSR count). The van der Waals surface area contributed by atoms with Crippen molar-refractivity contribution in [3.05, 3.63) is 0 Å². The summed E-state index contributed by atoms with van der Waals surface area (Å²) in [5.74, 6) is -2.32. The molecule has 0 bridgehead atoms. The van der Waals surface area contributed by atoms with E-state index in [1.807, 2.05) is 0 Å². The number of nitrogens with zero attached hydrogens (tertiary/aromatic N) is 1. The number of rotatable bonds is 23. The zero-order valence-corrected chi connectivity index (χ0v) is 27.5. The lowest BCUT2D eigenvalue weighted by atomic mass is 10.1. The highest BCUT2D eigenvalue weighted by atomic mass is 32.2. The molecule has 1 aliphatic rings. The van der Waals surface area contributed by atoms with Crippen LogP contribution in [-0.2, 0) is 42.9 Å². The average molecular weight is 618 g/mol. The Kier molecular flexibility index (Phi) is 20.6. The number of carbonyl (C=O) groups is 4. The van der Waals surface area contributed by atoms with Gasteiger partial charge in [-0.15, -0.1) is 0 Å². The molecule has 0 N–H and O–H groups in total. The van der Waals surface area contributed by atoms with Gasteiger partial charge in [-0.25, -0.2) is 4.31 Å². The monoisotopic (exact) mass is 617 g/mol. The van der Waals surface area contributed by atoms with Crippen molar-refractivity contribution < 1.29 is 42.9 Å². The van der Waals surface area contributed by atoms with Crippen molar-refractivity contribution in [2.45, 2.75) is 155 Å². The van der Waals surface area contributed by atoms with E-state index < -0.39 is 53.7 Å². The van der Waals surface area contributed by atoms with Crippen LogP contribution >= 0.6 is 11.9 Å². The number of hydrogen-bond acceptors (Lipinski definition) is 11. The van der Waals surface area contributed by atoms with Gasteiger partial charge in [0.05, 0.1) is 0 Å². The number of unbranched alkanes of at least 4 members (excludes halogenated alkanes) is 11. The molecule has 10 nitrogen and oxygen atoms in total. The Bertz CT molecular complexity index is 796. The van der Waals surface area contributed by atoms with Gasteiger partial charge in [0.2, 0.25) is 0 Å². The molecule has 0 aromatic carbocycles. The first-order valence-corrected chi connectivity index (χ1v) is 16.6. The minimum absolute atomic E-state index is 0.291. The highest BCUT2D eigenvalue weighted by molar-refractivity contribution is 7.97. The Morgan fingerprint density at radius 2 is 1.14 bits per heavy atom. The lowest BCUT2D eigenvalue weighted by Crippen LogP contribution is -2.46. The van der Waals surface area contributed by atoms with Gasteiger partial charge in [-0.3, -0.25) is 19.2 Å². The molecule has 1 aliphatic heterocycles. The molecule has 42 heavy (non-hydrogen) atoms. The Labute approximate surface area is 257 Å². The summed E-state index contributed by atoms with van der Waals surface area (Å²) in [4.78, 5) is 47.7. The van der Waals surface area contributed by atoms with E-state index in [9.17, 15) is 19.2 Å². The molecular weight excluding hydrogens is 562 g/mol. The summed E-state index contributed by atoms with van der Waals surface area (Å²) in [5, 5.41) is 0. The molecular formula is C31H55NO9S. The fourth-order valence-electron chi connectivity index (χ4n) is 4.96. The van der Waals surface area contributed by atoms with Crippen LogP contribution in [-0.4, -0.2) is 77.7 Å². The van der Waals surface area contributed by atoms with E-state index in [4.69, 9.17) is 23.7 Å². The minimum Gasteiger partial charge on any atom is -0.462 e. The van der Waals surface area contributed by atoms with Crippen molar-refractivity contribution in [1.29, 1.82) is 0 Å². The second kappa shape index (κ2) is 22.7. The fraction of sp³-hybridized carbons (Fsp3) is 0.871. The Morgan fingerprint density at radius 1 is 0.667 bits per heavy atom. The summed E-state index contributed by atoms with van der Waals surface area (Å²) in [5.41, 5.74) is -0.719. The molecule has 0 aromatic heterocycles. The van der Waals surface area contributed by atoms with Gasteiger partial charge in [0, 0.05) is 40.8 Å². The standard InChI is InChI=1S/C31H55NO9S/c1-7-9-11-13-15-17-19-21-32(20-18-16-14-12-10-8-2)42-31-30(40-26(6)36)29(39-25(5)35)28(41-31)27(38-24(4)34)22-37-23(3)33/h27-31H,7-22H2,1-6H3/t27-,28-,29+,30-,31?/m1/s1. The van der Waals surface area contributed by atoms with Gasteiger partial charge in [-0.1, -0.05) is 84.5 Å². The molecule has 0 radical (unpaired) electrons. The molecule has 5 atom stereocenters. The molecule has 0 aliphatic carbocycles. The smallest absolute Gasteiger partial charge is 0.303 e. The summed E-state index contributed by atoms with van der Waals surface area (Å²) in [7, 11) is 0. The maximum atomic E-state index is 12.2. The number of hydrogen-bond donors (Lipinski definition) is 0. The van der Waals surface area contributed by atoms with E-state index in [-0.39, 0.29) is 6.61 Å². The first-order chi connectivity index (χ1) is 20.1. The summed E-state index contributed by atoms with van der Waals surface area (Å²) in [6.07, 6.45) is 11.3. The molecule has 1 fully saturated rings. The van der Waals surface area contributed by atoms with Gasteiger partial charge < -0.3 is 23.7 Å². The van der Waals surface area contributed by atoms with E-state index >= 15 is 0 Å². The average Bonchev–Trinajstić information content (AvgIpc) is 3.22. The van der Waals surface area contributed by atoms with Crippen LogP contribution in [0.4, 0.5) is 0 Å². The van der Waals surface area contributed by atoms with Crippen LogP contribution in [0.5, 0.6) is 0 Å². The Morgan fingerprint density at radius 3 is 1.60 bits per heavy atom. The third-order valence-electron chi connectivity index (χ3n) is 6.97. The molecule has 1 unspecified atom stereocenters. The van der Waals surface area contributed by atoms with Crippen LogP contribution in [0.15, 0.2) is 0 Å². The van der Waals surface area contributed by atoms with Crippen LogP contribution in [0.25, 0.3) is 0 Å². The Hall–Kier alpha value is -1.85. The fourth-order valence-corrected chi connectivity index (χ4v) is 6.23. The highest BCUT2D eigenvalue weighted by Crippen LogP contribution is 2.38. The number of esters is 4. The molecule has 0 spiro atoms. The first-order valence-electron chi connectivity index (χ1n) is 15.8. The van der Waals surface area contributed by atoms with Gasteiger partial charge >= 0.3 is 23.9 Å². The van der Waals surface area contributed by atoms with Gasteiger partial charge in [-0.05, 0) is 24.8 Å². The van der Waals surface area contributed by atoms with E-state index in [1.54, 1.807) is 0 Å². The second-order valence-electron chi connectivity index (χ2n) is 11.0. The summed E-state index contributed by atoms with van der Waals surface area (Å²) >= 11 is 1.43. The molecule has 0 amide bonds. The second-order valence-corrected chi connectivity index (χ2v) is 12.2. The molecule has 11 heteroatoms. The molecule has 0 aromatic rings. The molecule has 244 valence electrons. The van der Waals surface area contributed by atoms with Crippen LogP contribution in [0.1, 0.15) is 125 Å². The quantitative estimate of drug-likeness (QED) is 0.0570. The maximum absolute atomic E-state index is 12.2. The van der Waals surface area contributed by atoms with Gasteiger partial charge in [0.25, 0.3) is 0 Å². The predicted molar refractivity (Wildman–Crippen MR) is 162 cm³/mol. The lowest BCUT2D eigenvalue weighted by molar-refractivity contribution is -0.176. The topological polar surface area (TPSA) is 118 Å². The first kappa shape index (κ1) is 38.2. The largest absolute Gasteiger partial charge is 0.462 e. The third-order valence-corrected chi connectivity index (χ3v) is 8.22. The predicted octanol–water partition coefficient (Wildman–Crippen LogP) is 6.13. The van der Waals surface area contributed by atoms with Gasteiger partial charge in [0.15, 0.2) is 23.7 Å². The third kappa shape index (κ3) is 16.7. The van der Waals surface area contributed by atoms with Crippen LogP contribution in [0, 0.1) is 0 Å². The van der Waals surface area contributed by atoms with Crippen molar-refractivity contribution >= 4 is 35.8 Å². The highest BCUT2D eigenvalue weighted by Gasteiger charge is 2.54. The van der Waals surface area contributed by atoms with Crippen molar-refractivity contribution in [3.63, 3.8) is 0 Å². The summed E-state index contributed by atoms with van der Waals surface area (Å²) in [6, 6.07) is 0. The Balaban J connectivity index is 3.10. The minimum atomic E-state index is -1.06. The van der Waals surface area contributed by atoms with Crippen molar-refractivity contribution in [2.24, 2.45) is 0 Å². The lowest BCUT2D eigenvalue weighted by Gasteiger charge is -2.28. The zero-order chi connectivity index (χ0) is 31.3. The van der Waals surface area contributed by atoms with Crippen LogP contribution in [0.2, 0.25) is 0 Å². The van der Waals surface area contributed by atoms with Crippen molar-refractivity contribution in [3.8, 4) is 0 Å². The van der Waals surface area contributed by atoms with Gasteiger partial charge in [-0.2, -0.15) is 0 Å².